The average Bonchev–Trinajstić information content (AvgIpc) is 2.14. The highest BCUT2D eigenvalue weighted by Crippen LogP contribution is 2.31. The second kappa shape index (κ2) is 3.51. The molecule has 72 valence electrons. The Kier molecular flexibility index (Phi) is 2.49. The van der Waals surface area contributed by atoms with Crippen LogP contribution in [0.4, 0.5) is 5.69 Å². The standard InChI is InChI=1S/C10H8Br2N2/c1-5-9(12)10(13)7-3-2-6(11)4-8(7)14-5/h2-4H,1H3,(H2,13,14). The molecule has 0 aliphatic carbocycles. The van der Waals surface area contributed by atoms with Crippen LogP contribution in [0.25, 0.3) is 10.9 Å². The monoisotopic (exact) mass is 314 g/mol. The fraction of sp³-hybridized carbons (Fsp3) is 0.100. The van der Waals surface area contributed by atoms with Gasteiger partial charge in [-0.15, -0.1) is 0 Å². The molecule has 1 heterocycles. The molecule has 0 radical (unpaired) electrons. The van der Waals surface area contributed by atoms with Gasteiger partial charge in [0.05, 0.1) is 21.4 Å². The van der Waals surface area contributed by atoms with Crippen LogP contribution in [0.1, 0.15) is 5.69 Å². The van der Waals surface area contributed by atoms with Crippen molar-refractivity contribution in [3.8, 4) is 0 Å². The minimum absolute atomic E-state index is 0.750. The quantitative estimate of drug-likeness (QED) is 0.806. The van der Waals surface area contributed by atoms with Crippen molar-refractivity contribution >= 4 is 48.5 Å². The van der Waals surface area contributed by atoms with Crippen molar-refractivity contribution < 1.29 is 0 Å². The van der Waals surface area contributed by atoms with Gasteiger partial charge in [0.1, 0.15) is 0 Å². The van der Waals surface area contributed by atoms with E-state index in [1.165, 1.54) is 0 Å². The molecule has 4 heteroatoms. The number of anilines is 1. The number of aryl methyl sites for hydroxylation is 1. The summed E-state index contributed by atoms with van der Waals surface area (Å²) in [5, 5.41) is 0.977. The van der Waals surface area contributed by atoms with Crippen molar-refractivity contribution in [2.24, 2.45) is 0 Å². The van der Waals surface area contributed by atoms with Crippen molar-refractivity contribution in [2.75, 3.05) is 5.73 Å². The molecular formula is C10H8Br2N2. The number of nitrogen functional groups attached to an aromatic ring is 1. The number of nitrogens with two attached hydrogens (primary N) is 1. The Labute approximate surface area is 98.8 Å². The molecule has 2 rings (SSSR count). The van der Waals surface area contributed by atoms with Gasteiger partial charge in [-0.3, -0.25) is 4.98 Å². The predicted molar refractivity (Wildman–Crippen MR) is 66.3 cm³/mol. The third-order valence-corrected chi connectivity index (χ3v) is 3.59. The lowest BCUT2D eigenvalue weighted by Gasteiger charge is -2.06. The first-order chi connectivity index (χ1) is 6.59. The largest absolute Gasteiger partial charge is 0.397 e. The van der Waals surface area contributed by atoms with Crippen molar-refractivity contribution in [2.45, 2.75) is 6.92 Å². The van der Waals surface area contributed by atoms with Crippen LogP contribution in [-0.2, 0) is 0 Å². The van der Waals surface area contributed by atoms with E-state index in [4.69, 9.17) is 5.73 Å². The molecule has 2 aromatic rings. The van der Waals surface area contributed by atoms with Crippen LogP contribution in [0, 0.1) is 6.92 Å². The molecule has 14 heavy (non-hydrogen) atoms. The van der Waals surface area contributed by atoms with E-state index in [1.807, 2.05) is 25.1 Å². The SMILES string of the molecule is Cc1nc2cc(Br)ccc2c(N)c1Br. The highest BCUT2D eigenvalue weighted by molar-refractivity contribution is 9.11. The molecule has 0 saturated carbocycles. The fourth-order valence-corrected chi connectivity index (χ4v) is 2.02. The summed E-state index contributed by atoms with van der Waals surface area (Å²) in [6, 6.07) is 5.89. The lowest BCUT2D eigenvalue weighted by molar-refractivity contribution is 1.23. The van der Waals surface area contributed by atoms with Crippen LogP contribution in [0.2, 0.25) is 0 Å². The highest BCUT2D eigenvalue weighted by Gasteiger charge is 2.07. The van der Waals surface area contributed by atoms with Crippen LogP contribution < -0.4 is 5.73 Å². The maximum atomic E-state index is 5.97. The number of nitrogens with zero attached hydrogens (tertiary/aromatic N) is 1. The number of pyridine rings is 1. The second-order valence-corrected chi connectivity index (χ2v) is 4.80. The zero-order valence-corrected chi connectivity index (χ0v) is 10.7. The summed E-state index contributed by atoms with van der Waals surface area (Å²) in [5.74, 6) is 0. The van der Waals surface area contributed by atoms with Crippen molar-refractivity contribution in [1.29, 1.82) is 0 Å². The van der Waals surface area contributed by atoms with E-state index in [-0.39, 0.29) is 0 Å². The molecule has 0 saturated heterocycles. The third-order valence-electron chi connectivity index (χ3n) is 2.09. The minimum atomic E-state index is 0.750. The van der Waals surface area contributed by atoms with Gasteiger partial charge in [-0.05, 0) is 41.1 Å². The minimum Gasteiger partial charge on any atom is -0.397 e. The summed E-state index contributed by atoms with van der Waals surface area (Å²) in [4.78, 5) is 4.44. The number of benzene rings is 1. The van der Waals surface area contributed by atoms with Crippen LogP contribution in [0.15, 0.2) is 27.1 Å². The lowest BCUT2D eigenvalue weighted by Crippen LogP contribution is -1.94. The van der Waals surface area contributed by atoms with Gasteiger partial charge in [0.15, 0.2) is 0 Å². The molecule has 1 aromatic carbocycles. The van der Waals surface area contributed by atoms with Crippen LogP contribution >= 0.6 is 31.9 Å². The first-order valence-electron chi connectivity index (χ1n) is 4.10. The molecular weight excluding hydrogens is 308 g/mol. The smallest absolute Gasteiger partial charge is 0.0737 e. The first kappa shape index (κ1) is 9.93. The van der Waals surface area contributed by atoms with Crippen LogP contribution in [0.3, 0.4) is 0 Å². The Morgan fingerprint density at radius 1 is 1.29 bits per heavy atom. The van der Waals surface area contributed by atoms with Gasteiger partial charge in [0, 0.05) is 9.86 Å². The zero-order valence-electron chi connectivity index (χ0n) is 7.51. The van der Waals surface area contributed by atoms with E-state index >= 15 is 0 Å². The summed E-state index contributed by atoms with van der Waals surface area (Å²) in [7, 11) is 0. The molecule has 0 bridgehead atoms. The molecule has 0 aliphatic heterocycles. The Morgan fingerprint density at radius 3 is 2.71 bits per heavy atom. The van der Waals surface area contributed by atoms with E-state index < -0.39 is 0 Å². The molecule has 2 N–H and O–H groups in total. The molecule has 0 fully saturated rings. The fourth-order valence-electron chi connectivity index (χ4n) is 1.37. The van der Waals surface area contributed by atoms with Crippen LogP contribution in [0.5, 0.6) is 0 Å². The normalized spacial score (nSPS) is 10.8. The Hall–Kier alpha value is -0.610. The molecule has 0 unspecified atom stereocenters. The molecule has 0 spiro atoms. The summed E-state index contributed by atoms with van der Waals surface area (Å²) >= 11 is 6.83. The van der Waals surface area contributed by atoms with Crippen molar-refractivity contribution in [3.05, 3.63) is 32.8 Å². The molecule has 0 atom stereocenters. The van der Waals surface area contributed by atoms with Gasteiger partial charge in [-0.1, -0.05) is 15.9 Å². The molecule has 1 aromatic heterocycles. The lowest BCUT2D eigenvalue weighted by atomic mass is 10.2. The Bertz CT molecular complexity index is 509. The van der Waals surface area contributed by atoms with Gasteiger partial charge < -0.3 is 5.73 Å². The summed E-state index contributed by atoms with van der Waals surface area (Å²) in [6.45, 7) is 1.93. The summed E-state index contributed by atoms with van der Waals surface area (Å²) < 4.78 is 1.89. The Morgan fingerprint density at radius 2 is 2.00 bits per heavy atom. The maximum Gasteiger partial charge on any atom is 0.0737 e. The molecule has 0 amide bonds. The molecule has 2 nitrogen and oxygen atoms in total. The van der Waals surface area contributed by atoms with E-state index in [1.54, 1.807) is 0 Å². The van der Waals surface area contributed by atoms with Gasteiger partial charge in [0.2, 0.25) is 0 Å². The number of hydrogen-bond acceptors (Lipinski definition) is 2. The van der Waals surface area contributed by atoms with E-state index in [0.717, 1.165) is 31.2 Å². The number of halogens is 2. The van der Waals surface area contributed by atoms with Gasteiger partial charge in [0.25, 0.3) is 0 Å². The van der Waals surface area contributed by atoms with E-state index in [2.05, 4.69) is 36.8 Å². The summed E-state index contributed by atoms with van der Waals surface area (Å²) in [5.41, 5.74) is 8.54. The number of hydrogen-bond donors (Lipinski definition) is 1. The van der Waals surface area contributed by atoms with E-state index in [9.17, 15) is 0 Å². The maximum absolute atomic E-state index is 5.97. The van der Waals surface area contributed by atoms with E-state index in [0.29, 0.717) is 0 Å². The van der Waals surface area contributed by atoms with Gasteiger partial charge >= 0.3 is 0 Å². The second-order valence-electron chi connectivity index (χ2n) is 3.09. The van der Waals surface area contributed by atoms with Crippen molar-refractivity contribution in [3.63, 3.8) is 0 Å². The molecule has 0 aliphatic rings. The average molecular weight is 316 g/mol. The Balaban J connectivity index is 2.91. The number of fused-ring (bicyclic) bond motifs is 1. The van der Waals surface area contributed by atoms with Gasteiger partial charge in [-0.25, -0.2) is 0 Å². The van der Waals surface area contributed by atoms with Crippen molar-refractivity contribution in [1.82, 2.24) is 4.98 Å². The number of rotatable bonds is 0. The highest BCUT2D eigenvalue weighted by atomic mass is 79.9. The number of aromatic nitrogens is 1. The third kappa shape index (κ3) is 1.53. The predicted octanol–water partition coefficient (Wildman–Crippen LogP) is 3.65. The topological polar surface area (TPSA) is 38.9 Å². The zero-order chi connectivity index (χ0) is 10.3. The van der Waals surface area contributed by atoms with Gasteiger partial charge in [-0.2, -0.15) is 0 Å². The van der Waals surface area contributed by atoms with Crippen LogP contribution in [-0.4, -0.2) is 4.98 Å². The summed E-state index contributed by atoms with van der Waals surface area (Å²) in [6.07, 6.45) is 0. The first-order valence-corrected chi connectivity index (χ1v) is 5.69.